The molecule has 0 atom stereocenters. The van der Waals surface area contributed by atoms with Crippen LogP contribution in [0.15, 0.2) is 52.0 Å². The molecule has 2 N–H and O–H groups in total. The van der Waals surface area contributed by atoms with Crippen molar-refractivity contribution in [3.8, 4) is 0 Å². The third kappa shape index (κ3) is 4.19. The second-order valence-electron chi connectivity index (χ2n) is 4.69. The Morgan fingerprint density at radius 3 is 2.73 bits per heavy atom. The number of hydrogen-bond acceptors (Lipinski definition) is 4. The minimum absolute atomic E-state index is 0.0446. The van der Waals surface area contributed by atoms with E-state index in [1.165, 1.54) is 18.4 Å². The Morgan fingerprint density at radius 2 is 2.05 bits per heavy atom. The predicted molar refractivity (Wildman–Crippen MR) is 81.8 cm³/mol. The molecule has 0 spiro atoms. The summed E-state index contributed by atoms with van der Waals surface area (Å²) < 4.78 is 32.0. The van der Waals surface area contributed by atoms with Gasteiger partial charge in [0, 0.05) is 12.1 Å². The van der Waals surface area contributed by atoms with Gasteiger partial charge in [0.15, 0.2) is 0 Å². The van der Waals surface area contributed by atoms with Crippen LogP contribution in [0.5, 0.6) is 0 Å². The van der Waals surface area contributed by atoms with Gasteiger partial charge in [0.25, 0.3) is 5.91 Å². The molecule has 7 heteroatoms. The van der Waals surface area contributed by atoms with E-state index in [2.05, 4.69) is 10.0 Å². The topological polar surface area (TPSA) is 88.4 Å². The van der Waals surface area contributed by atoms with E-state index in [4.69, 9.17) is 4.42 Å². The molecule has 0 unspecified atom stereocenters. The third-order valence-corrected chi connectivity index (χ3v) is 4.36. The molecule has 2 rings (SSSR count). The molecule has 0 radical (unpaired) electrons. The van der Waals surface area contributed by atoms with Gasteiger partial charge in [0.05, 0.1) is 17.7 Å². The van der Waals surface area contributed by atoms with E-state index < -0.39 is 10.0 Å². The standard InChI is InChI=1S/C15H18N2O4S/c1-2-8-16-15(18)12-5-3-7-14(10-12)22(19,20)17-11-13-6-4-9-21-13/h3-7,9-10,17H,2,8,11H2,1H3,(H,16,18). The van der Waals surface area contributed by atoms with Gasteiger partial charge in [0.2, 0.25) is 10.0 Å². The van der Waals surface area contributed by atoms with Crippen molar-refractivity contribution in [1.82, 2.24) is 10.0 Å². The number of nitrogens with one attached hydrogen (secondary N) is 2. The molecule has 0 saturated heterocycles. The lowest BCUT2D eigenvalue weighted by atomic mass is 10.2. The second-order valence-corrected chi connectivity index (χ2v) is 6.45. The van der Waals surface area contributed by atoms with Gasteiger partial charge in [-0.25, -0.2) is 13.1 Å². The maximum Gasteiger partial charge on any atom is 0.251 e. The first-order valence-electron chi connectivity index (χ1n) is 6.93. The quantitative estimate of drug-likeness (QED) is 0.815. The molecule has 6 nitrogen and oxygen atoms in total. The van der Waals surface area contributed by atoms with Crippen LogP contribution in [-0.4, -0.2) is 20.9 Å². The van der Waals surface area contributed by atoms with E-state index in [-0.39, 0.29) is 17.3 Å². The van der Waals surface area contributed by atoms with Gasteiger partial charge in [-0.05, 0) is 36.8 Å². The average molecular weight is 322 g/mol. The van der Waals surface area contributed by atoms with Crippen LogP contribution in [0, 0.1) is 0 Å². The molecule has 0 saturated carbocycles. The summed E-state index contributed by atoms with van der Waals surface area (Å²) in [5.74, 6) is 0.227. The summed E-state index contributed by atoms with van der Waals surface area (Å²) in [5, 5.41) is 2.71. The fraction of sp³-hybridized carbons (Fsp3) is 0.267. The summed E-state index contributed by atoms with van der Waals surface area (Å²) in [7, 11) is -3.70. The minimum Gasteiger partial charge on any atom is -0.468 e. The fourth-order valence-corrected chi connectivity index (χ4v) is 2.85. The van der Waals surface area contributed by atoms with Crippen molar-refractivity contribution in [2.75, 3.05) is 6.54 Å². The number of rotatable bonds is 7. The highest BCUT2D eigenvalue weighted by molar-refractivity contribution is 7.89. The smallest absolute Gasteiger partial charge is 0.251 e. The van der Waals surface area contributed by atoms with Crippen LogP contribution < -0.4 is 10.0 Å². The average Bonchev–Trinajstić information content (AvgIpc) is 3.04. The normalized spacial score (nSPS) is 11.3. The van der Waals surface area contributed by atoms with Crippen LogP contribution in [0.3, 0.4) is 0 Å². The van der Waals surface area contributed by atoms with E-state index in [9.17, 15) is 13.2 Å². The Bertz CT molecular complexity index is 724. The number of carbonyl (C=O) groups is 1. The zero-order valence-corrected chi connectivity index (χ0v) is 13.0. The number of benzene rings is 1. The highest BCUT2D eigenvalue weighted by Crippen LogP contribution is 2.12. The molecular weight excluding hydrogens is 304 g/mol. The molecule has 118 valence electrons. The number of furan rings is 1. The summed E-state index contributed by atoms with van der Waals surface area (Å²) in [4.78, 5) is 11.9. The summed E-state index contributed by atoms with van der Waals surface area (Å²) in [6, 6.07) is 9.29. The lowest BCUT2D eigenvalue weighted by Crippen LogP contribution is -2.26. The molecule has 1 heterocycles. The Hall–Kier alpha value is -2.12. The molecule has 0 aliphatic heterocycles. The zero-order valence-electron chi connectivity index (χ0n) is 12.2. The summed E-state index contributed by atoms with van der Waals surface area (Å²) in [6.07, 6.45) is 2.29. The number of hydrogen-bond donors (Lipinski definition) is 2. The van der Waals surface area contributed by atoms with Gasteiger partial charge in [-0.1, -0.05) is 13.0 Å². The van der Waals surface area contributed by atoms with Gasteiger partial charge in [0.1, 0.15) is 5.76 Å². The predicted octanol–water partition coefficient (Wildman–Crippen LogP) is 1.90. The van der Waals surface area contributed by atoms with Gasteiger partial charge in [-0.3, -0.25) is 4.79 Å². The summed E-state index contributed by atoms with van der Waals surface area (Å²) in [5.41, 5.74) is 0.314. The van der Waals surface area contributed by atoms with Crippen molar-refractivity contribution in [1.29, 1.82) is 0 Å². The largest absolute Gasteiger partial charge is 0.468 e. The van der Waals surface area contributed by atoms with Crippen LogP contribution in [0.4, 0.5) is 0 Å². The molecule has 0 aliphatic carbocycles. The maximum absolute atomic E-state index is 12.2. The van der Waals surface area contributed by atoms with E-state index in [1.54, 1.807) is 24.3 Å². The van der Waals surface area contributed by atoms with Gasteiger partial charge < -0.3 is 9.73 Å². The molecule has 2 aromatic rings. The Balaban J connectivity index is 2.11. The first-order chi connectivity index (χ1) is 10.5. The van der Waals surface area contributed by atoms with Crippen molar-refractivity contribution >= 4 is 15.9 Å². The van der Waals surface area contributed by atoms with Crippen LogP contribution >= 0.6 is 0 Å². The maximum atomic E-state index is 12.2. The highest BCUT2D eigenvalue weighted by Gasteiger charge is 2.16. The van der Waals surface area contributed by atoms with E-state index in [1.807, 2.05) is 6.92 Å². The van der Waals surface area contributed by atoms with E-state index >= 15 is 0 Å². The highest BCUT2D eigenvalue weighted by atomic mass is 32.2. The van der Waals surface area contributed by atoms with Crippen molar-refractivity contribution in [3.05, 3.63) is 54.0 Å². The van der Waals surface area contributed by atoms with Gasteiger partial charge >= 0.3 is 0 Å². The van der Waals surface area contributed by atoms with Crippen LogP contribution in [-0.2, 0) is 16.6 Å². The van der Waals surface area contributed by atoms with Gasteiger partial charge in [-0.2, -0.15) is 0 Å². The lowest BCUT2D eigenvalue weighted by molar-refractivity contribution is 0.0953. The number of carbonyl (C=O) groups excluding carboxylic acids is 1. The Kier molecular flexibility index (Phi) is 5.35. The molecule has 0 aliphatic rings. The molecule has 0 bridgehead atoms. The van der Waals surface area contributed by atoms with E-state index in [0.29, 0.717) is 17.9 Å². The van der Waals surface area contributed by atoms with Crippen LogP contribution in [0.2, 0.25) is 0 Å². The number of amides is 1. The van der Waals surface area contributed by atoms with Crippen molar-refractivity contribution in [2.45, 2.75) is 24.8 Å². The molecule has 22 heavy (non-hydrogen) atoms. The van der Waals surface area contributed by atoms with Crippen molar-refractivity contribution in [2.24, 2.45) is 0 Å². The van der Waals surface area contributed by atoms with Gasteiger partial charge in [-0.15, -0.1) is 0 Å². The second kappa shape index (κ2) is 7.24. The van der Waals surface area contributed by atoms with Crippen molar-refractivity contribution < 1.29 is 17.6 Å². The first kappa shape index (κ1) is 16.3. The first-order valence-corrected chi connectivity index (χ1v) is 8.41. The van der Waals surface area contributed by atoms with E-state index in [0.717, 1.165) is 6.42 Å². The molecule has 1 aromatic heterocycles. The lowest BCUT2D eigenvalue weighted by Gasteiger charge is -2.08. The minimum atomic E-state index is -3.70. The molecule has 0 fully saturated rings. The number of sulfonamides is 1. The Labute approximate surface area is 129 Å². The Morgan fingerprint density at radius 1 is 1.23 bits per heavy atom. The van der Waals surface area contributed by atoms with Crippen LogP contribution in [0.25, 0.3) is 0 Å². The molecule has 1 amide bonds. The SMILES string of the molecule is CCCNC(=O)c1cccc(S(=O)(=O)NCc2ccco2)c1. The van der Waals surface area contributed by atoms with Crippen molar-refractivity contribution in [3.63, 3.8) is 0 Å². The fourth-order valence-electron chi connectivity index (χ4n) is 1.81. The third-order valence-electron chi connectivity index (χ3n) is 2.96. The monoisotopic (exact) mass is 322 g/mol. The summed E-state index contributed by atoms with van der Waals surface area (Å²) in [6.45, 7) is 2.55. The summed E-state index contributed by atoms with van der Waals surface area (Å²) >= 11 is 0. The zero-order chi connectivity index (χ0) is 16.0. The molecular formula is C15H18N2O4S. The molecule has 1 aromatic carbocycles. The van der Waals surface area contributed by atoms with Crippen LogP contribution in [0.1, 0.15) is 29.5 Å².